The molecule has 0 saturated carbocycles. The quantitative estimate of drug-likeness (QED) is 0.632. The molecule has 0 aromatic carbocycles. The normalized spacial score (nSPS) is 15.1. The van der Waals surface area contributed by atoms with Crippen molar-refractivity contribution in [3.8, 4) is 5.75 Å². The maximum absolute atomic E-state index is 8.58. The van der Waals surface area contributed by atoms with Gasteiger partial charge in [0.1, 0.15) is 6.61 Å². The standard InChI is InChI=1S/C6H8N2O2/c1-10-5-2-7-6(4-9)8-3-5/h2-3,9H,4H2,1H3/i1D3. The number of rotatable bonds is 2. The molecule has 0 aliphatic rings. The van der Waals surface area contributed by atoms with Crippen molar-refractivity contribution in [2.75, 3.05) is 7.04 Å². The van der Waals surface area contributed by atoms with E-state index in [1.165, 1.54) is 12.4 Å². The van der Waals surface area contributed by atoms with Crippen LogP contribution in [-0.4, -0.2) is 22.1 Å². The largest absolute Gasteiger partial charge is 0.494 e. The summed E-state index contributed by atoms with van der Waals surface area (Å²) in [5.74, 6) is 0.273. The number of hydrogen-bond donors (Lipinski definition) is 1. The van der Waals surface area contributed by atoms with E-state index in [1.54, 1.807) is 0 Å². The Kier molecular flexibility index (Phi) is 1.21. The molecule has 54 valence electrons. The van der Waals surface area contributed by atoms with Gasteiger partial charge in [-0.3, -0.25) is 0 Å². The molecule has 0 unspecified atom stereocenters. The first kappa shape index (κ1) is 3.88. The highest BCUT2D eigenvalue weighted by molar-refractivity contribution is 5.11. The number of methoxy groups -OCH3 is 1. The molecule has 0 aliphatic carbocycles. The molecular weight excluding hydrogens is 132 g/mol. The summed E-state index contributed by atoms with van der Waals surface area (Å²) in [6, 6.07) is 0. The SMILES string of the molecule is [2H]C([2H])([2H])Oc1cnc(CO)nc1. The molecule has 4 nitrogen and oxygen atoms in total. The van der Waals surface area contributed by atoms with Crippen LogP contribution >= 0.6 is 0 Å². The summed E-state index contributed by atoms with van der Waals surface area (Å²) in [4.78, 5) is 7.29. The fourth-order valence-corrected chi connectivity index (χ4v) is 0.477. The molecule has 0 atom stereocenters. The van der Waals surface area contributed by atoms with Crippen molar-refractivity contribution in [2.45, 2.75) is 6.61 Å². The summed E-state index contributed by atoms with van der Waals surface area (Å²) in [7, 11) is -2.50. The molecule has 1 aromatic heterocycles. The van der Waals surface area contributed by atoms with Gasteiger partial charge in [0, 0.05) is 0 Å². The first-order valence-corrected chi connectivity index (χ1v) is 2.62. The zero-order valence-electron chi connectivity index (χ0n) is 8.11. The van der Waals surface area contributed by atoms with E-state index in [0.29, 0.717) is 0 Å². The van der Waals surface area contributed by atoms with E-state index in [2.05, 4.69) is 14.7 Å². The van der Waals surface area contributed by atoms with Crippen molar-refractivity contribution in [1.82, 2.24) is 9.97 Å². The van der Waals surface area contributed by atoms with Gasteiger partial charge in [-0.2, -0.15) is 0 Å². The van der Waals surface area contributed by atoms with Crippen molar-refractivity contribution < 1.29 is 14.0 Å². The van der Waals surface area contributed by atoms with E-state index in [-0.39, 0.29) is 18.2 Å². The van der Waals surface area contributed by atoms with E-state index in [9.17, 15) is 0 Å². The molecular formula is C6H8N2O2. The Morgan fingerprint density at radius 1 is 1.70 bits per heavy atom. The molecule has 1 N–H and O–H groups in total. The van der Waals surface area contributed by atoms with Gasteiger partial charge in [0.05, 0.1) is 23.5 Å². The van der Waals surface area contributed by atoms with Gasteiger partial charge in [-0.15, -0.1) is 0 Å². The Morgan fingerprint density at radius 3 is 2.90 bits per heavy atom. The van der Waals surface area contributed by atoms with Gasteiger partial charge >= 0.3 is 0 Å². The fraction of sp³-hybridized carbons (Fsp3) is 0.333. The first-order valence-electron chi connectivity index (χ1n) is 4.12. The molecule has 0 amide bonds. The lowest BCUT2D eigenvalue weighted by Crippen LogP contribution is -1.94. The van der Waals surface area contributed by atoms with Gasteiger partial charge in [0.15, 0.2) is 11.6 Å². The summed E-state index contributed by atoms with van der Waals surface area (Å²) in [5.41, 5.74) is 0. The molecule has 0 radical (unpaired) electrons. The molecule has 4 heteroatoms. The summed E-state index contributed by atoms with van der Waals surface area (Å²) >= 11 is 0. The van der Waals surface area contributed by atoms with Crippen LogP contribution in [-0.2, 0) is 6.61 Å². The molecule has 1 aromatic rings. The molecule has 0 fully saturated rings. The Balaban J connectivity index is 2.70. The second-order valence-electron chi connectivity index (χ2n) is 1.60. The van der Waals surface area contributed by atoms with E-state index in [1.807, 2.05) is 0 Å². The van der Waals surface area contributed by atoms with Gasteiger partial charge in [-0.25, -0.2) is 9.97 Å². The van der Waals surface area contributed by atoms with Crippen LogP contribution in [0.2, 0.25) is 0 Å². The highest BCUT2D eigenvalue weighted by Crippen LogP contribution is 2.03. The lowest BCUT2D eigenvalue weighted by molar-refractivity contribution is 0.270. The third-order valence-corrected chi connectivity index (χ3v) is 0.941. The monoisotopic (exact) mass is 143 g/mol. The lowest BCUT2D eigenvalue weighted by atomic mass is 10.5. The van der Waals surface area contributed by atoms with E-state index in [4.69, 9.17) is 9.22 Å². The molecule has 1 heterocycles. The van der Waals surface area contributed by atoms with Gasteiger partial charge in [0.25, 0.3) is 0 Å². The number of nitrogens with zero attached hydrogens (tertiary/aromatic N) is 2. The van der Waals surface area contributed by atoms with Crippen molar-refractivity contribution in [2.24, 2.45) is 0 Å². The molecule has 0 aliphatic heterocycles. The van der Waals surface area contributed by atoms with Crippen LogP contribution in [0.25, 0.3) is 0 Å². The van der Waals surface area contributed by atoms with Gasteiger partial charge in [-0.1, -0.05) is 0 Å². The van der Waals surface area contributed by atoms with Gasteiger partial charge < -0.3 is 9.84 Å². The first-order chi connectivity index (χ1) is 6.01. The number of hydrogen-bond acceptors (Lipinski definition) is 4. The van der Waals surface area contributed by atoms with E-state index < -0.39 is 7.04 Å². The number of aliphatic hydroxyl groups is 1. The predicted molar refractivity (Wildman–Crippen MR) is 34.5 cm³/mol. The van der Waals surface area contributed by atoms with Crippen LogP contribution < -0.4 is 4.74 Å². The minimum absolute atomic E-state index is 0.0530. The van der Waals surface area contributed by atoms with Crippen LogP contribution in [0.5, 0.6) is 5.75 Å². The third kappa shape index (κ3) is 1.41. The van der Waals surface area contributed by atoms with Gasteiger partial charge in [0.2, 0.25) is 0 Å². The van der Waals surface area contributed by atoms with Crippen molar-refractivity contribution in [3.63, 3.8) is 0 Å². The zero-order chi connectivity index (χ0) is 9.90. The topological polar surface area (TPSA) is 55.2 Å². The van der Waals surface area contributed by atoms with Gasteiger partial charge in [-0.05, 0) is 0 Å². The van der Waals surface area contributed by atoms with Crippen LogP contribution in [0.15, 0.2) is 12.4 Å². The smallest absolute Gasteiger partial charge is 0.155 e. The Labute approximate surface area is 62.7 Å². The zero-order valence-corrected chi connectivity index (χ0v) is 5.11. The average molecular weight is 143 g/mol. The predicted octanol–water partition coefficient (Wildman–Crippen LogP) is -0.0225. The van der Waals surface area contributed by atoms with Crippen LogP contribution in [0.3, 0.4) is 0 Å². The van der Waals surface area contributed by atoms with Crippen molar-refractivity contribution in [1.29, 1.82) is 0 Å². The van der Waals surface area contributed by atoms with Crippen molar-refractivity contribution >= 4 is 0 Å². The molecule has 10 heavy (non-hydrogen) atoms. The molecule has 0 saturated heterocycles. The molecule has 1 rings (SSSR count). The van der Waals surface area contributed by atoms with Crippen molar-refractivity contribution in [3.05, 3.63) is 18.2 Å². The summed E-state index contributed by atoms with van der Waals surface area (Å²) < 4.78 is 24.8. The highest BCUT2D eigenvalue weighted by atomic mass is 16.5. The summed E-state index contributed by atoms with van der Waals surface area (Å²) in [6.45, 7) is -0.284. The third-order valence-electron chi connectivity index (χ3n) is 0.941. The average Bonchev–Trinajstić information content (AvgIpc) is 2.03. The number of aromatic nitrogens is 2. The number of aliphatic hydroxyl groups excluding tert-OH is 1. The maximum atomic E-state index is 8.58. The Hall–Kier alpha value is -1.16. The fourth-order valence-electron chi connectivity index (χ4n) is 0.477. The lowest BCUT2D eigenvalue weighted by Gasteiger charge is -1.97. The molecule has 0 bridgehead atoms. The second kappa shape index (κ2) is 3.12. The van der Waals surface area contributed by atoms with Crippen LogP contribution in [0.4, 0.5) is 0 Å². The second-order valence-corrected chi connectivity index (χ2v) is 1.60. The Bertz CT molecular complexity index is 272. The summed E-state index contributed by atoms with van der Waals surface area (Å²) in [5, 5.41) is 8.58. The van der Waals surface area contributed by atoms with Crippen LogP contribution in [0, 0.1) is 0 Å². The van der Waals surface area contributed by atoms with Crippen LogP contribution in [0.1, 0.15) is 9.94 Å². The van der Waals surface area contributed by atoms with E-state index >= 15 is 0 Å². The molecule has 0 spiro atoms. The highest BCUT2D eigenvalue weighted by Gasteiger charge is 1.92. The minimum atomic E-state index is -2.50. The number of ether oxygens (including phenoxy) is 1. The Morgan fingerprint density at radius 2 is 2.40 bits per heavy atom. The minimum Gasteiger partial charge on any atom is -0.494 e. The maximum Gasteiger partial charge on any atom is 0.155 e. The summed E-state index contributed by atoms with van der Waals surface area (Å²) in [6.07, 6.45) is 2.40. The van der Waals surface area contributed by atoms with E-state index in [0.717, 1.165) is 0 Å².